The van der Waals surface area contributed by atoms with Gasteiger partial charge in [-0.15, -0.1) is 0 Å². The fourth-order valence-corrected chi connectivity index (χ4v) is 6.44. The van der Waals surface area contributed by atoms with Crippen LogP contribution in [-0.2, 0) is 0 Å². The first kappa shape index (κ1) is 15.1. The largest absolute Gasteiger partial charge is 0.332 e. The van der Waals surface area contributed by atoms with E-state index in [1.165, 1.54) is 30.8 Å². The van der Waals surface area contributed by atoms with E-state index in [2.05, 4.69) is 15.3 Å². The van der Waals surface area contributed by atoms with Crippen LogP contribution >= 0.6 is 11.5 Å². The van der Waals surface area contributed by atoms with Gasteiger partial charge in [-0.2, -0.15) is 9.64 Å². The molecule has 5 heteroatoms. The Bertz CT molecular complexity index is 624. The number of nitrogens with zero attached hydrogens (tertiary/aromatic N) is 3. The number of nitriles is 1. The molecule has 4 bridgehead atoms. The predicted octanol–water partition coefficient (Wildman–Crippen LogP) is 3.78. The summed E-state index contributed by atoms with van der Waals surface area (Å²) in [6, 6.07) is 2.24. The summed E-state index contributed by atoms with van der Waals surface area (Å²) in [5.41, 5.74) is 1.58. The SMILES string of the molecule is Cc1nscc1C(=O)N(CCC#N)C12CC3CC(CC(C3)C1)C2. The minimum absolute atomic E-state index is 0.0110. The van der Waals surface area contributed by atoms with Crippen LogP contribution in [0.1, 0.15) is 61.0 Å². The quantitative estimate of drug-likeness (QED) is 0.845. The number of rotatable bonds is 4. The molecule has 1 aromatic rings. The van der Waals surface area contributed by atoms with Crippen molar-refractivity contribution in [2.45, 2.75) is 57.4 Å². The van der Waals surface area contributed by atoms with Crippen molar-refractivity contribution in [1.29, 1.82) is 5.26 Å². The second kappa shape index (κ2) is 5.59. The fourth-order valence-electron chi connectivity index (χ4n) is 5.75. The van der Waals surface area contributed by atoms with Crippen molar-refractivity contribution in [3.05, 3.63) is 16.6 Å². The molecule has 1 amide bonds. The molecule has 4 aliphatic carbocycles. The van der Waals surface area contributed by atoms with Gasteiger partial charge in [0.05, 0.1) is 23.7 Å². The van der Waals surface area contributed by atoms with Gasteiger partial charge in [0.15, 0.2) is 0 Å². The molecule has 4 saturated carbocycles. The number of aromatic nitrogens is 1. The number of carbonyl (C=O) groups excluding carboxylic acids is 1. The summed E-state index contributed by atoms with van der Waals surface area (Å²) in [5.74, 6) is 2.48. The van der Waals surface area contributed by atoms with Crippen molar-refractivity contribution in [1.82, 2.24) is 9.27 Å². The summed E-state index contributed by atoms with van der Waals surface area (Å²) in [5, 5.41) is 10.9. The highest BCUT2D eigenvalue weighted by atomic mass is 32.1. The van der Waals surface area contributed by atoms with Gasteiger partial charge in [0.2, 0.25) is 0 Å². The first-order valence-electron chi connectivity index (χ1n) is 8.71. The van der Waals surface area contributed by atoms with Crippen LogP contribution in [0.25, 0.3) is 0 Å². The lowest BCUT2D eigenvalue weighted by Crippen LogP contribution is -2.61. The zero-order valence-electron chi connectivity index (χ0n) is 13.6. The average molecular weight is 329 g/mol. The molecule has 1 heterocycles. The molecule has 0 saturated heterocycles. The number of hydrogen-bond donors (Lipinski definition) is 0. The lowest BCUT2D eigenvalue weighted by atomic mass is 9.52. The van der Waals surface area contributed by atoms with Crippen LogP contribution in [0.2, 0.25) is 0 Å². The number of hydrogen-bond acceptors (Lipinski definition) is 4. The number of carbonyl (C=O) groups is 1. The third-order valence-corrected chi connectivity index (χ3v) is 6.97. The molecule has 0 aliphatic heterocycles. The third kappa shape index (κ3) is 2.48. The summed E-state index contributed by atoms with van der Waals surface area (Å²) < 4.78 is 4.28. The smallest absolute Gasteiger partial charge is 0.257 e. The standard InChI is InChI=1S/C18H23N3OS/c1-12-16(11-23-20-12)17(22)21(4-2-3-19)18-8-13-5-14(9-18)7-15(6-13)10-18/h11,13-15H,2,4-10H2,1H3. The Morgan fingerprint density at radius 1 is 1.35 bits per heavy atom. The maximum absolute atomic E-state index is 13.2. The van der Waals surface area contributed by atoms with Gasteiger partial charge in [0.1, 0.15) is 0 Å². The molecule has 5 rings (SSSR count). The summed E-state index contributed by atoms with van der Waals surface area (Å²) in [6.07, 6.45) is 7.94. The molecule has 0 radical (unpaired) electrons. The van der Waals surface area contributed by atoms with E-state index < -0.39 is 0 Å². The Kier molecular flexibility index (Phi) is 3.68. The Morgan fingerprint density at radius 2 is 1.96 bits per heavy atom. The van der Waals surface area contributed by atoms with E-state index in [-0.39, 0.29) is 11.4 Å². The van der Waals surface area contributed by atoms with Crippen LogP contribution < -0.4 is 0 Å². The molecule has 4 fully saturated rings. The molecule has 4 aliphatic rings. The van der Waals surface area contributed by atoms with E-state index in [1.54, 1.807) is 0 Å². The molecule has 0 aromatic carbocycles. The third-order valence-electron chi connectivity index (χ3n) is 6.25. The van der Waals surface area contributed by atoms with Gasteiger partial charge in [-0.05, 0) is 74.7 Å². The molecule has 0 atom stereocenters. The van der Waals surface area contributed by atoms with Gasteiger partial charge >= 0.3 is 0 Å². The first-order valence-corrected chi connectivity index (χ1v) is 9.55. The second-order valence-electron chi connectivity index (χ2n) is 7.82. The maximum atomic E-state index is 13.2. The van der Waals surface area contributed by atoms with E-state index in [4.69, 9.17) is 5.26 Å². The van der Waals surface area contributed by atoms with Crippen molar-refractivity contribution in [3.8, 4) is 6.07 Å². The maximum Gasteiger partial charge on any atom is 0.257 e. The van der Waals surface area contributed by atoms with Gasteiger partial charge in [-0.3, -0.25) is 4.79 Å². The molecule has 1 aromatic heterocycles. The lowest BCUT2D eigenvalue weighted by molar-refractivity contribution is -0.0740. The number of amides is 1. The minimum Gasteiger partial charge on any atom is -0.332 e. The van der Waals surface area contributed by atoms with Crippen LogP contribution in [0, 0.1) is 36.0 Å². The van der Waals surface area contributed by atoms with E-state index in [9.17, 15) is 4.79 Å². The van der Waals surface area contributed by atoms with E-state index in [0.717, 1.165) is 48.3 Å². The zero-order chi connectivity index (χ0) is 16.0. The zero-order valence-corrected chi connectivity index (χ0v) is 14.4. The molecule has 0 N–H and O–H groups in total. The van der Waals surface area contributed by atoms with Gasteiger partial charge in [-0.25, -0.2) is 0 Å². The van der Waals surface area contributed by atoms with Crippen LogP contribution in [-0.4, -0.2) is 27.3 Å². The van der Waals surface area contributed by atoms with E-state index in [0.29, 0.717) is 13.0 Å². The van der Waals surface area contributed by atoms with Crippen molar-refractivity contribution in [2.75, 3.05) is 6.54 Å². The Labute approximate surface area is 141 Å². The highest BCUT2D eigenvalue weighted by Gasteiger charge is 2.54. The summed E-state index contributed by atoms with van der Waals surface area (Å²) >= 11 is 1.35. The van der Waals surface area contributed by atoms with Crippen LogP contribution in [0.4, 0.5) is 0 Å². The fraction of sp³-hybridized carbons (Fsp3) is 0.722. The monoisotopic (exact) mass is 329 g/mol. The molecular weight excluding hydrogens is 306 g/mol. The Hall–Kier alpha value is -1.41. The van der Waals surface area contributed by atoms with Crippen molar-refractivity contribution in [3.63, 3.8) is 0 Å². The highest BCUT2D eigenvalue weighted by molar-refractivity contribution is 7.03. The van der Waals surface area contributed by atoms with Crippen molar-refractivity contribution in [2.24, 2.45) is 17.8 Å². The summed E-state index contributed by atoms with van der Waals surface area (Å²) in [4.78, 5) is 15.3. The van der Waals surface area contributed by atoms with Crippen LogP contribution in [0.5, 0.6) is 0 Å². The molecular formula is C18H23N3OS. The van der Waals surface area contributed by atoms with E-state index >= 15 is 0 Å². The highest BCUT2D eigenvalue weighted by Crippen LogP contribution is 2.58. The van der Waals surface area contributed by atoms with Gasteiger partial charge < -0.3 is 4.90 Å². The minimum atomic E-state index is 0.0110. The molecule has 0 unspecified atom stereocenters. The topological polar surface area (TPSA) is 57.0 Å². The van der Waals surface area contributed by atoms with Gasteiger partial charge in [0.25, 0.3) is 5.91 Å². The summed E-state index contributed by atoms with van der Waals surface area (Å²) in [6.45, 7) is 2.47. The van der Waals surface area contributed by atoms with Crippen LogP contribution in [0.3, 0.4) is 0 Å². The average Bonchev–Trinajstić information content (AvgIpc) is 2.92. The predicted molar refractivity (Wildman–Crippen MR) is 89.0 cm³/mol. The summed E-state index contributed by atoms with van der Waals surface area (Å²) in [7, 11) is 0. The molecule has 0 spiro atoms. The lowest BCUT2D eigenvalue weighted by Gasteiger charge is -2.60. The second-order valence-corrected chi connectivity index (χ2v) is 8.45. The molecule has 4 nitrogen and oxygen atoms in total. The Morgan fingerprint density at radius 3 is 2.43 bits per heavy atom. The Balaban J connectivity index is 1.67. The molecule has 23 heavy (non-hydrogen) atoms. The number of aryl methyl sites for hydroxylation is 1. The van der Waals surface area contributed by atoms with Crippen molar-refractivity contribution >= 4 is 17.4 Å². The van der Waals surface area contributed by atoms with Crippen LogP contribution in [0.15, 0.2) is 5.38 Å². The van der Waals surface area contributed by atoms with Gasteiger partial charge in [0, 0.05) is 17.5 Å². The first-order chi connectivity index (χ1) is 11.1. The van der Waals surface area contributed by atoms with Crippen molar-refractivity contribution < 1.29 is 4.79 Å². The normalized spacial score (nSPS) is 34.3. The van der Waals surface area contributed by atoms with E-state index in [1.807, 2.05) is 12.3 Å². The molecule has 122 valence electrons. The van der Waals surface area contributed by atoms with Gasteiger partial charge in [-0.1, -0.05) is 0 Å².